The lowest BCUT2D eigenvalue weighted by molar-refractivity contribution is -0.00306. The third kappa shape index (κ3) is 2.98. The van der Waals surface area contributed by atoms with Crippen LogP contribution in [0.1, 0.15) is 47.0 Å². The Morgan fingerprint density at radius 1 is 1.23 bits per heavy atom. The smallest absolute Gasteiger partial charge is 0.0516 e. The van der Waals surface area contributed by atoms with Crippen LogP contribution in [0.2, 0.25) is 0 Å². The van der Waals surface area contributed by atoms with Gasteiger partial charge in [-0.15, -0.1) is 0 Å². The van der Waals surface area contributed by atoms with Crippen LogP contribution in [0.15, 0.2) is 0 Å². The molecule has 2 atom stereocenters. The van der Waals surface area contributed by atoms with Crippen molar-refractivity contribution in [1.82, 2.24) is 0 Å². The molecule has 13 heavy (non-hydrogen) atoms. The van der Waals surface area contributed by atoms with Crippen LogP contribution in [0, 0.1) is 16.7 Å². The number of hydrogen-bond acceptors (Lipinski definition) is 1. The van der Waals surface area contributed by atoms with Crippen molar-refractivity contribution in [3.8, 4) is 0 Å². The molecule has 0 aromatic rings. The number of hydrogen-bond donors (Lipinski definition) is 0. The van der Waals surface area contributed by atoms with Crippen LogP contribution in [0.3, 0.4) is 0 Å². The maximum absolute atomic E-state index is 5.33. The molecule has 0 spiro atoms. The predicted octanol–water partition coefficient (Wildman–Crippen LogP) is 3.49. The zero-order valence-electron chi connectivity index (χ0n) is 9.81. The van der Waals surface area contributed by atoms with Gasteiger partial charge in [0.2, 0.25) is 0 Å². The summed E-state index contributed by atoms with van der Waals surface area (Å²) in [7, 11) is 1.82. The van der Waals surface area contributed by atoms with E-state index in [2.05, 4.69) is 27.7 Å². The van der Waals surface area contributed by atoms with Gasteiger partial charge in [0.15, 0.2) is 0 Å². The molecule has 0 radical (unpaired) electrons. The van der Waals surface area contributed by atoms with Gasteiger partial charge in [0.1, 0.15) is 0 Å². The molecular weight excluding hydrogens is 160 g/mol. The normalized spacial score (nSPS) is 39.0. The van der Waals surface area contributed by atoms with Gasteiger partial charge in [0.25, 0.3) is 0 Å². The van der Waals surface area contributed by atoms with E-state index in [9.17, 15) is 0 Å². The minimum absolute atomic E-state index is 0.413. The molecule has 0 aliphatic heterocycles. The first-order valence-corrected chi connectivity index (χ1v) is 5.36. The molecule has 1 aliphatic rings. The van der Waals surface area contributed by atoms with Crippen LogP contribution >= 0.6 is 0 Å². The molecule has 0 heterocycles. The topological polar surface area (TPSA) is 9.23 Å². The first kappa shape index (κ1) is 11.0. The van der Waals surface area contributed by atoms with Crippen molar-refractivity contribution in [2.75, 3.05) is 13.7 Å². The quantitative estimate of drug-likeness (QED) is 0.638. The second kappa shape index (κ2) is 3.61. The van der Waals surface area contributed by atoms with Crippen LogP contribution in [-0.4, -0.2) is 13.7 Å². The van der Waals surface area contributed by atoms with Gasteiger partial charge in [-0.2, -0.15) is 0 Å². The summed E-state index contributed by atoms with van der Waals surface area (Å²) in [6, 6.07) is 0. The van der Waals surface area contributed by atoms with E-state index < -0.39 is 0 Å². The van der Waals surface area contributed by atoms with E-state index in [4.69, 9.17) is 4.74 Å². The SMILES string of the molecule is COC[C@@]1(C)C[C@@H](C)CC(C)(C)C1. The summed E-state index contributed by atoms with van der Waals surface area (Å²) in [5.74, 6) is 0.851. The lowest BCUT2D eigenvalue weighted by atomic mass is 9.61. The number of methoxy groups -OCH3 is 1. The first-order chi connectivity index (χ1) is 5.87. The lowest BCUT2D eigenvalue weighted by Gasteiger charge is -2.45. The summed E-state index contributed by atoms with van der Waals surface area (Å²) >= 11 is 0. The average molecular weight is 184 g/mol. The summed E-state index contributed by atoms with van der Waals surface area (Å²) < 4.78 is 5.33. The monoisotopic (exact) mass is 184 g/mol. The van der Waals surface area contributed by atoms with Crippen molar-refractivity contribution < 1.29 is 4.74 Å². The zero-order valence-corrected chi connectivity index (χ0v) is 9.81. The fraction of sp³-hybridized carbons (Fsp3) is 1.00. The van der Waals surface area contributed by atoms with Gasteiger partial charge < -0.3 is 4.74 Å². The highest BCUT2D eigenvalue weighted by atomic mass is 16.5. The van der Waals surface area contributed by atoms with Gasteiger partial charge in [-0.1, -0.05) is 27.7 Å². The fourth-order valence-electron chi connectivity index (χ4n) is 3.61. The Balaban J connectivity index is 2.66. The summed E-state index contributed by atoms with van der Waals surface area (Å²) in [6.45, 7) is 10.4. The number of ether oxygens (including phenoxy) is 1. The Bertz CT molecular complexity index is 174. The first-order valence-electron chi connectivity index (χ1n) is 5.36. The number of rotatable bonds is 2. The second-order valence-electron chi connectivity index (χ2n) is 6.10. The summed E-state index contributed by atoms with van der Waals surface area (Å²) in [5, 5.41) is 0. The Morgan fingerprint density at radius 2 is 1.85 bits per heavy atom. The van der Waals surface area contributed by atoms with E-state index in [1.807, 2.05) is 7.11 Å². The molecule has 0 amide bonds. The molecule has 1 rings (SSSR count). The van der Waals surface area contributed by atoms with Gasteiger partial charge in [0, 0.05) is 7.11 Å². The van der Waals surface area contributed by atoms with Gasteiger partial charge in [-0.3, -0.25) is 0 Å². The Kier molecular flexibility index (Phi) is 3.06. The molecule has 1 nitrogen and oxygen atoms in total. The molecule has 1 saturated carbocycles. The Hall–Kier alpha value is -0.0400. The van der Waals surface area contributed by atoms with Crippen molar-refractivity contribution in [1.29, 1.82) is 0 Å². The molecule has 0 unspecified atom stereocenters. The summed E-state index contributed by atoms with van der Waals surface area (Å²) in [4.78, 5) is 0. The molecule has 0 aromatic heterocycles. The molecule has 0 saturated heterocycles. The highest BCUT2D eigenvalue weighted by Crippen LogP contribution is 2.48. The van der Waals surface area contributed by atoms with Crippen molar-refractivity contribution in [3.63, 3.8) is 0 Å². The minimum atomic E-state index is 0.413. The maximum Gasteiger partial charge on any atom is 0.0516 e. The van der Waals surface area contributed by atoms with Crippen LogP contribution in [0.5, 0.6) is 0 Å². The molecule has 1 aliphatic carbocycles. The average Bonchev–Trinajstić information content (AvgIpc) is 1.78. The van der Waals surface area contributed by atoms with E-state index >= 15 is 0 Å². The fourth-order valence-corrected chi connectivity index (χ4v) is 3.61. The van der Waals surface area contributed by atoms with Crippen LogP contribution in [-0.2, 0) is 4.74 Å². The van der Waals surface area contributed by atoms with Crippen molar-refractivity contribution in [2.24, 2.45) is 16.7 Å². The molecule has 1 heteroatoms. The third-order valence-electron chi connectivity index (χ3n) is 3.14. The molecule has 0 N–H and O–H groups in total. The highest BCUT2D eigenvalue weighted by Gasteiger charge is 2.39. The molecule has 78 valence electrons. The third-order valence-corrected chi connectivity index (χ3v) is 3.14. The van der Waals surface area contributed by atoms with Crippen molar-refractivity contribution >= 4 is 0 Å². The van der Waals surface area contributed by atoms with Gasteiger partial charge in [0.05, 0.1) is 6.61 Å². The maximum atomic E-state index is 5.33. The summed E-state index contributed by atoms with van der Waals surface area (Å²) in [6.07, 6.45) is 3.99. The summed E-state index contributed by atoms with van der Waals surface area (Å²) in [5.41, 5.74) is 0.918. The Labute approximate surface area is 82.9 Å². The molecule has 0 aromatic carbocycles. The van der Waals surface area contributed by atoms with Gasteiger partial charge in [-0.25, -0.2) is 0 Å². The largest absolute Gasteiger partial charge is 0.384 e. The van der Waals surface area contributed by atoms with Crippen LogP contribution in [0.25, 0.3) is 0 Å². The minimum Gasteiger partial charge on any atom is -0.384 e. The molecule has 0 bridgehead atoms. The van der Waals surface area contributed by atoms with E-state index in [-0.39, 0.29) is 0 Å². The second-order valence-corrected chi connectivity index (χ2v) is 6.10. The molecular formula is C12H24O. The van der Waals surface area contributed by atoms with E-state index in [1.54, 1.807) is 0 Å². The van der Waals surface area contributed by atoms with Gasteiger partial charge >= 0.3 is 0 Å². The van der Waals surface area contributed by atoms with Crippen molar-refractivity contribution in [2.45, 2.75) is 47.0 Å². The van der Waals surface area contributed by atoms with Gasteiger partial charge in [-0.05, 0) is 36.0 Å². The van der Waals surface area contributed by atoms with E-state index in [1.165, 1.54) is 19.3 Å². The van der Waals surface area contributed by atoms with Crippen LogP contribution < -0.4 is 0 Å². The van der Waals surface area contributed by atoms with Crippen molar-refractivity contribution in [3.05, 3.63) is 0 Å². The molecule has 1 fully saturated rings. The lowest BCUT2D eigenvalue weighted by Crippen LogP contribution is -2.37. The zero-order chi connectivity index (χ0) is 10.1. The van der Waals surface area contributed by atoms with E-state index in [0.29, 0.717) is 10.8 Å². The van der Waals surface area contributed by atoms with E-state index in [0.717, 1.165) is 12.5 Å². The predicted molar refractivity (Wildman–Crippen MR) is 56.8 cm³/mol. The standard InChI is InChI=1S/C12H24O/c1-10-6-11(2,3)8-12(4,7-10)9-13-5/h10H,6-9H2,1-5H3/t10-,12-/m0/s1. The van der Waals surface area contributed by atoms with Crippen LogP contribution in [0.4, 0.5) is 0 Å². The Morgan fingerprint density at radius 3 is 2.31 bits per heavy atom. The highest BCUT2D eigenvalue weighted by molar-refractivity contribution is 4.90.